The van der Waals surface area contributed by atoms with Crippen molar-refractivity contribution in [3.63, 3.8) is 0 Å². The number of nitrogens with zero attached hydrogens (tertiary/aromatic N) is 2. The normalized spacial score (nSPS) is 22.9. The van der Waals surface area contributed by atoms with Gasteiger partial charge in [-0.1, -0.05) is 48.0 Å². The van der Waals surface area contributed by atoms with Crippen molar-refractivity contribution in [2.24, 2.45) is 11.0 Å². The van der Waals surface area contributed by atoms with Gasteiger partial charge in [0.05, 0.1) is 6.04 Å². The smallest absolute Gasteiger partial charge is 0.125 e. The molecule has 0 saturated carbocycles. The molecule has 0 spiro atoms. The number of hydrogen-bond acceptors (Lipinski definition) is 4. The molecule has 2 aliphatic heterocycles. The zero-order valence-corrected chi connectivity index (χ0v) is 14.9. The van der Waals surface area contributed by atoms with Crippen LogP contribution in [0.25, 0.3) is 0 Å². The standard InChI is InChI=1S/C21H25N3O/c1-15-7-9-16(10-8-15)14-25-20-6-4-3-5-17(20)21-18-13-24(2)12-11-19(18)22-23-21/h3-10,18,21,23H,11-14H2,1-2H3. The molecule has 4 nitrogen and oxygen atoms in total. The minimum absolute atomic E-state index is 0.201. The van der Waals surface area contributed by atoms with E-state index in [-0.39, 0.29) is 6.04 Å². The van der Waals surface area contributed by atoms with E-state index in [9.17, 15) is 0 Å². The van der Waals surface area contributed by atoms with Gasteiger partial charge in [0.25, 0.3) is 0 Å². The predicted octanol–water partition coefficient (Wildman–Crippen LogP) is 3.53. The van der Waals surface area contributed by atoms with Crippen molar-refractivity contribution in [1.82, 2.24) is 10.3 Å². The fraction of sp³-hybridized carbons (Fsp3) is 0.381. The van der Waals surface area contributed by atoms with Crippen LogP contribution >= 0.6 is 0 Å². The van der Waals surface area contributed by atoms with E-state index in [0.29, 0.717) is 12.5 Å². The van der Waals surface area contributed by atoms with Crippen molar-refractivity contribution >= 4 is 5.71 Å². The topological polar surface area (TPSA) is 36.9 Å². The van der Waals surface area contributed by atoms with Crippen LogP contribution < -0.4 is 10.2 Å². The van der Waals surface area contributed by atoms with Gasteiger partial charge in [-0.2, -0.15) is 5.10 Å². The van der Waals surface area contributed by atoms with E-state index in [2.05, 4.69) is 71.9 Å². The summed E-state index contributed by atoms with van der Waals surface area (Å²) < 4.78 is 6.18. The Balaban J connectivity index is 1.52. The first-order valence-corrected chi connectivity index (χ1v) is 8.98. The van der Waals surface area contributed by atoms with Gasteiger partial charge in [-0.25, -0.2) is 0 Å². The molecule has 2 unspecified atom stereocenters. The molecule has 0 aliphatic carbocycles. The second-order valence-corrected chi connectivity index (χ2v) is 7.14. The van der Waals surface area contributed by atoms with Gasteiger partial charge in [0.2, 0.25) is 0 Å². The number of para-hydroxylation sites is 1. The number of benzene rings is 2. The third-order valence-electron chi connectivity index (χ3n) is 5.20. The molecule has 1 saturated heterocycles. The van der Waals surface area contributed by atoms with Crippen LogP contribution in [0.3, 0.4) is 0 Å². The second kappa shape index (κ2) is 6.89. The lowest BCUT2D eigenvalue weighted by atomic mass is 9.86. The van der Waals surface area contributed by atoms with Crippen LogP contribution in [-0.2, 0) is 6.61 Å². The van der Waals surface area contributed by atoms with E-state index in [4.69, 9.17) is 4.74 Å². The summed E-state index contributed by atoms with van der Waals surface area (Å²) in [7, 11) is 2.19. The summed E-state index contributed by atoms with van der Waals surface area (Å²) in [5, 5.41) is 4.60. The zero-order chi connectivity index (χ0) is 17.2. The van der Waals surface area contributed by atoms with Crippen LogP contribution in [0.4, 0.5) is 0 Å². The number of hydrogen-bond donors (Lipinski definition) is 1. The third kappa shape index (κ3) is 3.40. The summed E-state index contributed by atoms with van der Waals surface area (Å²) in [6, 6.07) is 17.1. The van der Waals surface area contributed by atoms with E-state index in [0.717, 1.165) is 25.3 Å². The Morgan fingerprint density at radius 2 is 1.96 bits per heavy atom. The molecule has 0 aromatic heterocycles. The minimum Gasteiger partial charge on any atom is -0.489 e. The van der Waals surface area contributed by atoms with Gasteiger partial charge in [-0.05, 0) is 25.6 Å². The molecule has 2 atom stereocenters. The molecule has 4 heteroatoms. The number of aryl methyl sites for hydroxylation is 1. The maximum Gasteiger partial charge on any atom is 0.125 e. The molecule has 2 heterocycles. The number of rotatable bonds is 4. The molecule has 2 aliphatic rings. The van der Waals surface area contributed by atoms with Gasteiger partial charge in [0.15, 0.2) is 0 Å². The largest absolute Gasteiger partial charge is 0.489 e. The van der Waals surface area contributed by atoms with Gasteiger partial charge < -0.3 is 15.1 Å². The van der Waals surface area contributed by atoms with Gasteiger partial charge in [0, 0.05) is 36.7 Å². The molecule has 2 aromatic carbocycles. The van der Waals surface area contributed by atoms with Gasteiger partial charge in [-0.15, -0.1) is 0 Å². The van der Waals surface area contributed by atoms with Crippen molar-refractivity contribution in [2.45, 2.75) is 26.0 Å². The van der Waals surface area contributed by atoms with Crippen molar-refractivity contribution < 1.29 is 4.74 Å². The Kier molecular flexibility index (Phi) is 4.45. The van der Waals surface area contributed by atoms with Crippen molar-refractivity contribution in [2.75, 3.05) is 20.1 Å². The Morgan fingerprint density at radius 3 is 2.80 bits per heavy atom. The summed E-state index contributed by atoms with van der Waals surface area (Å²) in [6.45, 7) is 4.82. The molecule has 1 N–H and O–H groups in total. The molecular formula is C21H25N3O. The van der Waals surface area contributed by atoms with Gasteiger partial charge >= 0.3 is 0 Å². The summed E-state index contributed by atoms with van der Waals surface area (Å²) in [5.74, 6) is 1.38. The lowest BCUT2D eigenvalue weighted by Gasteiger charge is -2.31. The predicted molar refractivity (Wildman–Crippen MR) is 101 cm³/mol. The fourth-order valence-electron chi connectivity index (χ4n) is 3.70. The van der Waals surface area contributed by atoms with E-state index < -0.39 is 0 Å². The number of hydrazone groups is 1. The molecule has 0 amide bonds. The average molecular weight is 335 g/mol. The van der Waals surface area contributed by atoms with Gasteiger partial charge in [-0.3, -0.25) is 0 Å². The molecule has 130 valence electrons. The highest BCUT2D eigenvalue weighted by Gasteiger charge is 2.37. The Morgan fingerprint density at radius 1 is 1.16 bits per heavy atom. The van der Waals surface area contributed by atoms with Crippen LogP contribution in [0.1, 0.15) is 29.2 Å². The summed E-state index contributed by atoms with van der Waals surface area (Å²) in [5.41, 5.74) is 8.33. The van der Waals surface area contributed by atoms with Crippen LogP contribution in [0.5, 0.6) is 5.75 Å². The monoisotopic (exact) mass is 335 g/mol. The van der Waals surface area contributed by atoms with Gasteiger partial charge in [0.1, 0.15) is 12.4 Å². The summed E-state index contributed by atoms with van der Waals surface area (Å²) >= 11 is 0. The number of ether oxygens (including phenoxy) is 1. The van der Waals surface area contributed by atoms with E-state index in [1.807, 2.05) is 6.07 Å². The minimum atomic E-state index is 0.201. The summed E-state index contributed by atoms with van der Waals surface area (Å²) in [6.07, 6.45) is 1.05. The molecular weight excluding hydrogens is 310 g/mol. The fourth-order valence-corrected chi connectivity index (χ4v) is 3.70. The van der Waals surface area contributed by atoms with Crippen LogP contribution in [-0.4, -0.2) is 30.7 Å². The first-order valence-electron chi connectivity index (χ1n) is 8.98. The zero-order valence-electron chi connectivity index (χ0n) is 14.9. The Labute approximate surface area is 149 Å². The Bertz CT molecular complexity index is 769. The first-order chi connectivity index (χ1) is 12.2. The highest BCUT2D eigenvalue weighted by Crippen LogP contribution is 2.36. The molecule has 0 radical (unpaired) electrons. The molecule has 2 aromatic rings. The SMILES string of the molecule is Cc1ccc(COc2ccccc2C2NN=C3CCN(C)CC32)cc1. The van der Waals surface area contributed by atoms with E-state index in [1.54, 1.807) is 0 Å². The maximum absolute atomic E-state index is 6.18. The number of likely N-dealkylation sites (tertiary alicyclic amines) is 1. The second-order valence-electron chi connectivity index (χ2n) is 7.14. The average Bonchev–Trinajstić information content (AvgIpc) is 3.04. The lowest BCUT2D eigenvalue weighted by molar-refractivity contribution is 0.264. The molecule has 25 heavy (non-hydrogen) atoms. The van der Waals surface area contributed by atoms with Crippen LogP contribution in [0.2, 0.25) is 0 Å². The number of fused-ring (bicyclic) bond motifs is 1. The molecule has 1 fully saturated rings. The van der Waals surface area contributed by atoms with Crippen molar-refractivity contribution in [3.05, 3.63) is 65.2 Å². The van der Waals surface area contributed by atoms with Crippen molar-refractivity contribution in [1.29, 1.82) is 0 Å². The lowest BCUT2D eigenvalue weighted by Crippen LogP contribution is -2.39. The highest BCUT2D eigenvalue weighted by molar-refractivity contribution is 5.90. The molecule has 4 rings (SSSR count). The van der Waals surface area contributed by atoms with E-state index in [1.165, 1.54) is 22.4 Å². The van der Waals surface area contributed by atoms with E-state index >= 15 is 0 Å². The Hall–Kier alpha value is -2.33. The van der Waals surface area contributed by atoms with Crippen molar-refractivity contribution in [3.8, 4) is 5.75 Å². The number of piperidine rings is 1. The van der Waals surface area contributed by atoms with Crippen LogP contribution in [0, 0.1) is 12.8 Å². The van der Waals surface area contributed by atoms with Crippen LogP contribution in [0.15, 0.2) is 53.6 Å². The third-order valence-corrected chi connectivity index (χ3v) is 5.20. The highest BCUT2D eigenvalue weighted by atomic mass is 16.5. The summed E-state index contributed by atoms with van der Waals surface area (Å²) in [4.78, 5) is 2.39. The maximum atomic E-state index is 6.18. The molecule has 0 bridgehead atoms. The number of nitrogens with one attached hydrogen (secondary N) is 1. The first kappa shape index (κ1) is 16.2. The quantitative estimate of drug-likeness (QED) is 0.929.